The summed E-state index contributed by atoms with van der Waals surface area (Å²) < 4.78 is 43.4. The van der Waals surface area contributed by atoms with E-state index >= 15 is 0 Å². The van der Waals surface area contributed by atoms with Gasteiger partial charge in [0.05, 0.1) is 12.5 Å². The summed E-state index contributed by atoms with van der Waals surface area (Å²) in [4.78, 5) is 36.4. The molecule has 28 heavy (non-hydrogen) atoms. The molecule has 0 heterocycles. The number of rotatable bonds is 7. The molecular weight excluding hydrogens is 377 g/mol. The van der Waals surface area contributed by atoms with E-state index in [9.17, 15) is 27.6 Å². The fraction of sp³-hybridized carbons (Fsp3) is 0.526. The lowest BCUT2D eigenvalue weighted by molar-refractivity contribution is -0.152. The van der Waals surface area contributed by atoms with E-state index in [1.54, 1.807) is 37.3 Å². The minimum atomic E-state index is -4.76. The van der Waals surface area contributed by atoms with Crippen LogP contribution in [-0.2, 0) is 14.3 Å². The van der Waals surface area contributed by atoms with E-state index in [0.717, 1.165) is 0 Å². The highest BCUT2D eigenvalue weighted by molar-refractivity contribution is 6.38. The van der Waals surface area contributed by atoms with Gasteiger partial charge in [-0.2, -0.15) is 13.2 Å². The molecule has 0 aliphatic rings. The Morgan fingerprint density at radius 1 is 1.04 bits per heavy atom. The van der Waals surface area contributed by atoms with Crippen molar-refractivity contribution in [1.82, 2.24) is 10.6 Å². The first-order valence-electron chi connectivity index (χ1n) is 8.78. The van der Waals surface area contributed by atoms with Gasteiger partial charge in [0, 0.05) is 0 Å². The molecule has 1 aromatic rings. The molecule has 2 N–H and O–H groups in total. The second-order valence-corrected chi connectivity index (χ2v) is 7.23. The molecule has 1 rings (SSSR count). The summed E-state index contributed by atoms with van der Waals surface area (Å²) in [6.07, 6.45) is -7.23. The zero-order valence-corrected chi connectivity index (χ0v) is 16.2. The highest BCUT2D eigenvalue weighted by atomic mass is 19.4. The van der Waals surface area contributed by atoms with Gasteiger partial charge in [-0.15, -0.1) is 0 Å². The van der Waals surface area contributed by atoms with Crippen LogP contribution < -0.4 is 10.6 Å². The van der Waals surface area contributed by atoms with Crippen molar-refractivity contribution in [1.29, 1.82) is 0 Å². The summed E-state index contributed by atoms with van der Waals surface area (Å²) in [5.41, 5.74) is -0.266. The quantitative estimate of drug-likeness (QED) is 0.682. The summed E-state index contributed by atoms with van der Waals surface area (Å²) in [5.74, 6) is -2.60. The second kappa shape index (κ2) is 9.57. The van der Waals surface area contributed by atoms with Gasteiger partial charge in [0.15, 0.2) is 0 Å². The Balaban J connectivity index is 2.91. The van der Waals surface area contributed by atoms with Crippen LogP contribution in [0.4, 0.5) is 18.0 Å². The van der Waals surface area contributed by atoms with Crippen LogP contribution in [0.15, 0.2) is 30.3 Å². The number of benzene rings is 1. The Morgan fingerprint density at radius 2 is 1.61 bits per heavy atom. The maximum atomic E-state index is 12.8. The molecule has 1 aromatic carbocycles. The molecule has 6 nitrogen and oxygen atoms in total. The third-order valence-electron chi connectivity index (χ3n) is 3.58. The summed E-state index contributed by atoms with van der Waals surface area (Å²) in [6, 6.07) is 6.07. The van der Waals surface area contributed by atoms with Crippen molar-refractivity contribution in [3.63, 3.8) is 0 Å². The molecule has 0 aliphatic carbocycles. The number of ketones is 1. The first-order chi connectivity index (χ1) is 12.8. The standard InChI is InChI=1S/C19H25F3N2O4/c1-5-13(12-9-7-6-8-10-12)23-16(26)15(25)14(11-19(20,21)22)24-17(27)28-18(2,3)4/h6-10,13-14H,5,11H2,1-4H3,(H,23,26)(H,24,27)/t13-,14?/m0/s1. The van der Waals surface area contributed by atoms with Crippen LogP contribution in [0.5, 0.6) is 0 Å². The van der Waals surface area contributed by atoms with Gasteiger partial charge in [-0.3, -0.25) is 9.59 Å². The molecule has 0 aliphatic heterocycles. The lowest BCUT2D eigenvalue weighted by Gasteiger charge is -2.24. The molecule has 0 saturated heterocycles. The smallest absolute Gasteiger partial charge is 0.408 e. The largest absolute Gasteiger partial charge is 0.444 e. The lowest BCUT2D eigenvalue weighted by Crippen LogP contribution is -2.50. The van der Waals surface area contributed by atoms with Gasteiger partial charge in [0.25, 0.3) is 5.91 Å². The Labute approximate surface area is 161 Å². The molecule has 0 bridgehead atoms. The topological polar surface area (TPSA) is 84.5 Å². The number of amides is 2. The summed E-state index contributed by atoms with van der Waals surface area (Å²) >= 11 is 0. The van der Waals surface area contributed by atoms with Gasteiger partial charge < -0.3 is 15.4 Å². The van der Waals surface area contributed by atoms with Crippen molar-refractivity contribution < 1.29 is 32.3 Å². The number of carbonyl (C=O) groups is 3. The van der Waals surface area contributed by atoms with Crippen LogP contribution in [0.25, 0.3) is 0 Å². The fourth-order valence-corrected chi connectivity index (χ4v) is 2.38. The number of alkyl carbamates (subject to hydrolysis) is 1. The van der Waals surface area contributed by atoms with E-state index < -0.39 is 48.1 Å². The van der Waals surface area contributed by atoms with Gasteiger partial charge in [0.1, 0.15) is 11.6 Å². The number of halogens is 3. The summed E-state index contributed by atoms with van der Waals surface area (Å²) in [7, 11) is 0. The lowest BCUT2D eigenvalue weighted by atomic mass is 10.0. The van der Waals surface area contributed by atoms with Crippen molar-refractivity contribution in [2.75, 3.05) is 0 Å². The van der Waals surface area contributed by atoms with E-state index in [4.69, 9.17) is 4.74 Å². The Hall–Kier alpha value is -2.58. The van der Waals surface area contributed by atoms with Crippen LogP contribution in [0.1, 0.15) is 52.1 Å². The molecular formula is C19H25F3N2O4. The third-order valence-corrected chi connectivity index (χ3v) is 3.58. The molecule has 2 atom stereocenters. The third kappa shape index (κ3) is 8.41. The van der Waals surface area contributed by atoms with Crippen molar-refractivity contribution in [3.05, 3.63) is 35.9 Å². The fourth-order valence-electron chi connectivity index (χ4n) is 2.38. The van der Waals surface area contributed by atoms with Crippen LogP contribution in [0.3, 0.4) is 0 Å². The summed E-state index contributed by atoms with van der Waals surface area (Å²) in [6.45, 7) is 6.32. The average molecular weight is 402 g/mol. The SMILES string of the molecule is CC[C@H](NC(=O)C(=O)C(CC(F)(F)F)NC(=O)OC(C)(C)C)c1ccccc1. The van der Waals surface area contributed by atoms with Crippen molar-refractivity contribution >= 4 is 17.8 Å². The molecule has 9 heteroatoms. The van der Waals surface area contributed by atoms with Crippen LogP contribution in [0.2, 0.25) is 0 Å². The van der Waals surface area contributed by atoms with Gasteiger partial charge >= 0.3 is 12.3 Å². The highest BCUT2D eigenvalue weighted by Gasteiger charge is 2.39. The highest BCUT2D eigenvalue weighted by Crippen LogP contribution is 2.23. The molecule has 1 unspecified atom stereocenters. The molecule has 0 aromatic heterocycles. The monoisotopic (exact) mass is 402 g/mol. The number of ether oxygens (including phenoxy) is 1. The molecule has 0 saturated carbocycles. The van der Waals surface area contributed by atoms with E-state index in [0.29, 0.717) is 12.0 Å². The van der Waals surface area contributed by atoms with Crippen LogP contribution in [-0.4, -0.2) is 35.6 Å². The Kier molecular flexibility index (Phi) is 8.01. The van der Waals surface area contributed by atoms with E-state index in [2.05, 4.69) is 5.32 Å². The number of Topliss-reactive ketones (excluding diaryl/α,β-unsaturated/α-hetero) is 1. The molecule has 156 valence electrons. The minimum Gasteiger partial charge on any atom is -0.444 e. The van der Waals surface area contributed by atoms with Gasteiger partial charge in [-0.05, 0) is 32.8 Å². The predicted octanol–water partition coefficient (Wildman–Crippen LogP) is 3.67. The van der Waals surface area contributed by atoms with E-state index in [-0.39, 0.29) is 0 Å². The second-order valence-electron chi connectivity index (χ2n) is 7.23. The van der Waals surface area contributed by atoms with Crippen molar-refractivity contribution in [3.8, 4) is 0 Å². The normalized spacial score (nSPS) is 14.0. The van der Waals surface area contributed by atoms with E-state index in [1.807, 2.05) is 5.32 Å². The zero-order valence-electron chi connectivity index (χ0n) is 16.2. The number of nitrogens with one attached hydrogen (secondary N) is 2. The Morgan fingerprint density at radius 3 is 2.07 bits per heavy atom. The number of carbonyl (C=O) groups excluding carboxylic acids is 3. The van der Waals surface area contributed by atoms with E-state index in [1.165, 1.54) is 20.8 Å². The van der Waals surface area contributed by atoms with Gasteiger partial charge in [-0.1, -0.05) is 37.3 Å². The number of hydrogen-bond donors (Lipinski definition) is 2. The predicted molar refractivity (Wildman–Crippen MR) is 96.5 cm³/mol. The number of hydrogen-bond acceptors (Lipinski definition) is 4. The first kappa shape index (κ1) is 23.5. The van der Waals surface area contributed by atoms with Crippen molar-refractivity contribution in [2.24, 2.45) is 0 Å². The maximum absolute atomic E-state index is 12.8. The summed E-state index contributed by atoms with van der Waals surface area (Å²) in [5, 5.41) is 4.27. The first-order valence-corrected chi connectivity index (χ1v) is 8.78. The Bertz CT molecular complexity index is 685. The average Bonchev–Trinajstić information content (AvgIpc) is 2.56. The number of alkyl halides is 3. The van der Waals surface area contributed by atoms with Gasteiger partial charge in [-0.25, -0.2) is 4.79 Å². The van der Waals surface area contributed by atoms with Crippen LogP contribution >= 0.6 is 0 Å². The minimum absolute atomic E-state index is 0.423. The van der Waals surface area contributed by atoms with Crippen molar-refractivity contribution in [2.45, 2.75) is 64.4 Å². The zero-order chi connectivity index (χ0) is 21.5. The van der Waals surface area contributed by atoms with Gasteiger partial charge in [0.2, 0.25) is 5.78 Å². The maximum Gasteiger partial charge on any atom is 0.408 e. The molecule has 0 fully saturated rings. The van der Waals surface area contributed by atoms with Crippen LogP contribution in [0, 0.1) is 0 Å². The molecule has 0 spiro atoms. The molecule has 0 radical (unpaired) electrons. The molecule has 2 amide bonds.